The molecule has 1 aliphatic rings. The molecule has 2 aromatic rings. The molecule has 0 unspecified atom stereocenters. The number of rotatable bonds is 5. The Morgan fingerprint density at radius 3 is 2.62 bits per heavy atom. The number of halogens is 1. The lowest BCUT2D eigenvalue weighted by atomic mass is 10.3. The molecular formula is C16H18BrN3O. The van der Waals surface area contributed by atoms with Gasteiger partial charge in [0.05, 0.1) is 0 Å². The summed E-state index contributed by atoms with van der Waals surface area (Å²) in [5.74, 6) is 1.58. The maximum atomic E-state index is 5.86. The summed E-state index contributed by atoms with van der Waals surface area (Å²) in [5.41, 5.74) is 1.11. The van der Waals surface area contributed by atoms with E-state index < -0.39 is 0 Å². The van der Waals surface area contributed by atoms with Crippen LogP contribution in [0.5, 0.6) is 5.88 Å². The predicted molar refractivity (Wildman–Crippen MR) is 86.4 cm³/mol. The molecule has 0 amide bonds. The van der Waals surface area contributed by atoms with Crippen LogP contribution in [0.2, 0.25) is 0 Å². The molecule has 5 heteroatoms. The molecule has 21 heavy (non-hydrogen) atoms. The molecule has 2 heterocycles. The topological polar surface area (TPSA) is 47.0 Å². The standard InChI is InChI=1S/C16H18BrN3O/c17-13-6-7-15(19-11-13)18-9-12-5-8-16(20-10-12)21-14-3-1-2-4-14/h5-8,10-11,14H,1-4,9H2,(H,18,19). The second-order valence-corrected chi connectivity index (χ2v) is 6.16. The van der Waals surface area contributed by atoms with Crippen LogP contribution in [0.4, 0.5) is 5.82 Å². The van der Waals surface area contributed by atoms with Crippen LogP contribution in [0.25, 0.3) is 0 Å². The van der Waals surface area contributed by atoms with Crippen LogP contribution in [0.15, 0.2) is 41.1 Å². The minimum atomic E-state index is 0.355. The average molecular weight is 348 g/mol. The Kier molecular flexibility index (Phi) is 4.70. The van der Waals surface area contributed by atoms with E-state index in [1.54, 1.807) is 6.20 Å². The van der Waals surface area contributed by atoms with Crippen LogP contribution in [-0.2, 0) is 6.54 Å². The molecule has 3 rings (SSSR count). The minimum absolute atomic E-state index is 0.355. The summed E-state index contributed by atoms with van der Waals surface area (Å²) in [6.07, 6.45) is 8.84. The zero-order valence-electron chi connectivity index (χ0n) is 11.8. The van der Waals surface area contributed by atoms with Crippen molar-refractivity contribution in [3.8, 4) is 5.88 Å². The van der Waals surface area contributed by atoms with Crippen LogP contribution < -0.4 is 10.1 Å². The van der Waals surface area contributed by atoms with E-state index in [2.05, 4.69) is 31.2 Å². The Morgan fingerprint density at radius 2 is 1.95 bits per heavy atom. The molecule has 110 valence electrons. The van der Waals surface area contributed by atoms with E-state index in [1.807, 2.05) is 30.5 Å². The van der Waals surface area contributed by atoms with Crippen LogP contribution in [0.3, 0.4) is 0 Å². The number of aromatic nitrogens is 2. The largest absolute Gasteiger partial charge is 0.474 e. The van der Waals surface area contributed by atoms with E-state index in [-0.39, 0.29) is 0 Å². The monoisotopic (exact) mass is 347 g/mol. The molecule has 1 saturated carbocycles. The molecule has 0 radical (unpaired) electrons. The van der Waals surface area contributed by atoms with Crippen molar-refractivity contribution in [1.29, 1.82) is 0 Å². The van der Waals surface area contributed by atoms with Crippen molar-refractivity contribution in [2.75, 3.05) is 5.32 Å². The first-order chi connectivity index (χ1) is 10.3. The third-order valence-corrected chi connectivity index (χ3v) is 4.06. The van der Waals surface area contributed by atoms with Crippen molar-refractivity contribution in [1.82, 2.24) is 9.97 Å². The summed E-state index contributed by atoms with van der Waals surface area (Å²) in [4.78, 5) is 8.65. The fraction of sp³-hybridized carbons (Fsp3) is 0.375. The summed E-state index contributed by atoms with van der Waals surface area (Å²) in [6, 6.07) is 7.90. The Morgan fingerprint density at radius 1 is 1.10 bits per heavy atom. The average Bonchev–Trinajstić information content (AvgIpc) is 3.01. The van der Waals surface area contributed by atoms with Gasteiger partial charge in [0.2, 0.25) is 5.88 Å². The fourth-order valence-corrected chi connectivity index (χ4v) is 2.67. The molecule has 0 saturated heterocycles. The maximum Gasteiger partial charge on any atom is 0.213 e. The SMILES string of the molecule is Brc1ccc(NCc2ccc(OC3CCCC3)nc2)nc1. The molecular weight excluding hydrogens is 330 g/mol. The first-order valence-electron chi connectivity index (χ1n) is 7.26. The lowest BCUT2D eigenvalue weighted by molar-refractivity contribution is 0.201. The van der Waals surface area contributed by atoms with Gasteiger partial charge in [-0.3, -0.25) is 0 Å². The van der Waals surface area contributed by atoms with E-state index >= 15 is 0 Å². The van der Waals surface area contributed by atoms with Crippen LogP contribution in [0.1, 0.15) is 31.2 Å². The van der Waals surface area contributed by atoms with Gasteiger partial charge in [0.15, 0.2) is 0 Å². The normalized spacial score (nSPS) is 15.1. The van der Waals surface area contributed by atoms with E-state index in [0.717, 1.165) is 34.6 Å². The summed E-state index contributed by atoms with van der Waals surface area (Å²) in [6.45, 7) is 0.700. The lowest BCUT2D eigenvalue weighted by Gasteiger charge is -2.12. The van der Waals surface area contributed by atoms with Gasteiger partial charge in [0, 0.05) is 29.5 Å². The Labute approximate surface area is 133 Å². The summed E-state index contributed by atoms with van der Waals surface area (Å²) in [5, 5.41) is 3.27. The second-order valence-electron chi connectivity index (χ2n) is 5.24. The van der Waals surface area contributed by atoms with Gasteiger partial charge in [0.1, 0.15) is 11.9 Å². The predicted octanol–water partition coefficient (Wildman–Crippen LogP) is 4.17. The molecule has 1 aliphatic carbocycles. The summed E-state index contributed by atoms with van der Waals surface area (Å²) >= 11 is 3.37. The maximum absolute atomic E-state index is 5.86. The molecule has 1 fully saturated rings. The molecule has 0 aliphatic heterocycles. The van der Waals surface area contributed by atoms with Gasteiger partial charge < -0.3 is 10.1 Å². The number of anilines is 1. The van der Waals surface area contributed by atoms with Gasteiger partial charge >= 0.3 is 0 Å². The number of ether oxygens (including phenoxy) is 1. The van der Waals surface area contributed by atoms with Crippen LogP contribution in [0, 0.1) is 0 Å². The number of pyridine rings is 2. The highest BCUT2D eigenvalue weighted by Gasteiger charge is 2.16. The molecule has 1 N–H and O–H groups in total. The number of hydrogen-bond donors (Lipinski definition) is 1. The van der Waals surface area contributed by atoms with Crippen LogP contribution >= 0.6 is 15.9 Å². The summed E-state index contributed by atoms with van der Waals surface area (Å²) < 4.78 is 6.83. The first-order valence-corrected chi connectivity index (χ1v) is 8.06. The molecule has 0 bridgehead atoms. The lowest BCUT2D eigenvalue weighted by Crippen LogP contribution is -2.11. The zero-order valence-corrected chi connectivity index (χ0v) is 13.3. The number of nitrogens with zero attached hydrogens (tertiary/aromatic N) is 2. The third kappa shape index (κ3) is 4.17. The van der Waals surface area contributed by atoms with Crippen molar-refractivity contribution in [2.45, 2.75) is 38.3 Å². The van der Waals surface area contributed by atoms with Gasteiger partial charge in [-0.1, -0.05) is 6.07 Å². The molecule has 0 atom stereocenters. The van der Waals surface area contributed by atoms with Crippen LogP contribution in [-0.4, -0.2) is 16.1 Å². The van der Waals surface area contributed by atoms with Crippen molar-refractivity contribution in [3.05, 3.63) is 46.7 Å². The number of nitrogens with one attached hydrogen (secondary N) is 1. The van der Waals surface area contributed by atoms with Crippen molar-refractivity contribution >= 4 is 21.7 Å². The molecule has 0 aromatic carbocycles. The summed E-state index contributed by atoms with van der Waals surface area (Å²) in [7, 11) is 0. The van der Waals surface area contributed by atoms with Crippen molar-refractivity contribution < 1.29 is 4.74 Å². The highest BCUT2D eigenvalue weighted by Crippen LogP contribution is 2.23. The van der Waals surface area contributed by atoms with E-state index in [0.29, 0.717) is 12.6 Å². The van der Waals surface area contributed by atoms with E-state index in [4.69, 9.17) is 4.74 Å². The van der Waals surface area contributed by atoms with Gasteiger partial charge in [-0.05, 0) is 59.3 Å². The Bertz CT molecular complexity index is 565. The Balaban J connectivity index is 1.52. The second kappa shape index (κ2) is 6.89. The van der Waals surface area contributed by atoms with Crippen molar-refractivity contribution in [2.24, 2.45) is 0 Å². The fourth-order valence-electron chi connectivity index (χ4n) is 2.44. The van der Waals surface area contributed by atoms with Gasteiger partial charge in [0.25, 0.3) is 0 Å². The van der Waals surface area contributed by atoms with Crippen molar-refractivity contribution in [3.63, 3.8) is 0 Å². The minimum Gasteiger partial charge on any atom is -0.474 e. The molecule has 4 nitrogen and oxygen atoms in total. The van der Waals surface area contributed by atoms with E-state index in [1.165, 1.54) is 12.8 Å². The number of hydrogen-bond acceptors (Lipinski definition) is 4. The first kappa shape index (κ1) is 14.3. The molecule has 2 aromatic heterocycles. The highest BCUT2D eigenvalue weighted by molar-refractivity contribution is 9.10. The Hall–Kier alpha value is -1.62. The third-order valence-electron chi connectivity index (χ3n) is 3.59. The highest BCUT2D eigenvalue weighted by atomic mass is 79.9. The van der Waals surface area contributed by atoms with Gasteiger partial charge in [-0.15, -0.1) is 0 Å². The van der Waals surface area contributed by atoms with Gasteiger partial charge in [-0.2, -0.15) is 0 Å². The zero-order chi connectivity index (χ0) is 14.5. The quantitative estimate of drug-likeness (QED) is 0.881. The van der Waals surface area contributed by atoms with Gasteiger partial charge in [-0.25, -0.2) is 9.97 Å². The molecule has 0 spiro atoms. The van der Waals surface area contributed by atoms with E-state index in [9.17, 15) is 0 Å². The smallest absolute Gasteiger partial charge is 0.213 e.